The van der Waals surface area contributed by atoms with E-state index in [1.165, 1.54) is 89.0 Å². The Morgan fingerprint density at radius 3 is 1.05 bits per heavy atom. The molecule has 0 unspecified atom stereocenters. The summed E-state index contributed by atoms with van der Waals surface area (Å²) in [6.07, 6.45) is 16.8. The molecule has 0 aliphatic heterocycles. The zero-order valence-corrected chi connectivity index (χ0v) is 19.1. The Bertz CT molecular complexity index is 163. The van der Waals surface area contributed by atoms with Crippen LogP contribution in [0.15, 0.2) is 0 Å². The van der Waals surface area contributed by atoms with Crippen molar-refractivity contribution in [1.82, 2.24) is 0 Å². The van der Waals surface area contributed by atoms with Crippen LogP contribution in [0.2, 0.25) is 11.9 Å². The molecule has 0 bridgehead atoms. The van der Waals surface area contributed by atoms with E-state index in [1.54, 1.807) is 0 Å². The molecule has 0 saturated carbocycles. The van der Waals surface area contributed by atoms with E-state index in [-0.39, 0.29) is 0 Å². The molecular weight excluding hydrogens is 459 g/mol. The minimum absolute atomic E-state index is 1.35. The molecule has 0 amide bonds. The first-order valence-electron chi connectivity index (χ1n) is 9.37. The molecule has 0 aromatic carbocycles. The van der Waals surface area contributed by atoms with Crippen molar-refractivity contribution in [2.45, 2.75) is 110 Å². The van der Waals surface area contributed by atoms with Gasteiger partial charge in [-0.25, -0.2) is 0 Å². The number of hydrogen-bond acceptors (Lipinski definition) is 0. The summed E-state index contributed by atoms with van der Waals surface area (Å²) in [6.45, 7) is 6.90. The van der Waals surface area contributed by atoms with Crippen LogP contribution in [-0.2, 0) is 0 Å². The predicted molar refractivity (Wildman–Crippen MR) is 98.5 cm³/mol. The monoisotopic (exact) mass is 498 g/mol. The van der Waals surface area contributed by atoms with Crippen LogP contribution in [0.1, 0.15) is 97.8 Å². The average Bonchev–Trinajstić information content (AvgIpc) is 2.45. The molecule has 0 aromatic heterocycles. The second kappa shape index (κ2) is 15.1. The fraction of sp³-hybridized carbons (Fsp3) is 1.00. The quantitative estimate of drug-likeness (QED) is 0.159. The van der Waals surface area contributed by atoms with Crippen molar-refractivity contribution in [3.05, 3.63) is 0 Å². The molecule has 0 saturated heterocycles. The average molecular weight is 498 g/mol. The predicted octanol–water partition coefficient (Wildman–Crippen LogP) is 7.91. The van der Waals surface area contributed by atoms with Crippen molar-refractivity contribution in [2.75, 3.05) is 0 Å². The maximum absolute atomic E-state index is 7.20. The Kier molecular flexibility index (Phi) is 16.0. The van der Waals surface area contributed by atoms with Crippen molar-refractivity contribution in [2.24, 2.45) is 0 Å². The van der Waals surface area contributed by atoms with Crippen molar-refractivity contribution in [3.8, 4) is 0 Å². The summed E-state index contributed by atoms with van der Waals surface area (Å²) in [6, 6.07) is 0. The Morgan fingerprint density at radius 1 is 0.500 bits per heavy atom. The first-order chi connectivity index (χ1) is 9.68. The van der Waals surface area contributed by atoms with Gasteiger partial charge in [0.15, 0.2) is 0 Å². The summed E-state index contributed by atoms with van der Waals surface area (Å²) < 4.78 is 4.40. The molecule has 0 radical (unpaired) electrons. The second-order valence-electron chi connectivity index (χ2n) is 6.58. The molecule has 0 heterocycles. The zero-order chi connectivity index (χ0) is 15.1. The van der Waals surface area contributed by atoms with Crippen molar-refractivity contribution >= 4 is 28.3 Å². The molecule has 0 N–H and O–H groups in total. The number of rotatable bonds is 15. The van der Waals surface area contributed by atoms with Crippen LogP contribution in [0.5, 0.6) is 0 Å². The maximum atomic E-state index is 7.20. The zero-order valence-electron chi connectivity index (χ0n) is 14.5. The van der Waals surface area contributed by atoms with Crippen molar-refractivity contribution < 1.29 is 0 Å². The van der Waals surface area contributed by atoms with E-state index in [0.29, 0.717) is 0 Å². The molecule has 2 heteroatoms. The first-order valence-corrected chi connectivity index (χ1v) is 22.4. The van der Waals surface area contributed by atoms with Gasteiger partial charge in [-0.15, -0.1) is 0 Å². The van der Waals surface area contributed by atoms with Crippen molar-refractivity contribution in [3.63, 3.8) is 0 Å². The van der Waals surface area contributed by atoms with E-state index >= 15 is 0 Å². The van der Waals surface area contributed by atoms with E-state index in [9.17, 15) is 0 Å². The van der Waals surface area contributed by atoms with Crippen LogP contribution >= 0.6 is 8.32 Å². The second-order valence-corrected chi connectivity index (χ2v) is 28.4. The van der Waals surface area contributed by atoms with E-state index < -0.39 is 19.9 Å². The van der Waals surface area contributed by atoms with Gasteiger partial charge in [-0.05, 0) is 0 Å². The van der Waals surface area contributed by atoms with E-state index in [1.807, 2.05) is 0 Å². The summed E-state index contributed by atoms with van der Waals surface area (Å²) >= 11 is -2.36. The molecule has 0 spiro atoms. The van der Waals surface area contributed by atoms with Crippen LogP contribution in [0.25, 0.3) is 0 Å². The molecular formula is C18H39ClPb. The van der Waals surface area contributed by atoms with E-state index in [2.05, 4.69) is 20.8 Å². The summed E-state index contributed by atoms with van der Waals surface area (Å²) in [7, 11) is 7.20. The SMILES string of the molecule is CCCCC[CH2][Pb]([Cl])([CH2]CCCCC)[CH2]CCCCC. The van der Waals surface area contributed by atoms with Crippen LogP contribution in [0.3, 0.4) is 0 Å². The number of hydrogen-bond donors (Lipinski definition) is 0. The summed E-state index contributed by atoms with van der Waals surface area (Å²) in [5.74, 6) is 0. The van der Waals surface area contributed by atoms with Gasteiger partial charge in [-0.3, -0.25) is 0 Å². The van der Waals surface area contributed by atoms with Gasteiger partial charge in [0, 0.05) is 0 Å². The van der Waals surface area contributed by atoms with E-state index in [0.717, 1.165) is 0 Å². The van der Waals surface area contributed by atoms with Gasteiger partial charge in [0.05, 0.1) is 0 Å². The standard InChI is InChI=1S/3C6H13.ClH.Pb/c3*1-3-5-6-4-2;;/h3*1,3-6H2,2H3;1H;/q;;;;+1/p-1. The third kappa shape index (κ3) is 12.9. The topological polar surface area (TPSA) is 0 Å². The van der Waals surface area contributed by atoms with Crippen LogP contribution in [-0.4, -0.2) is 19.9 Å². The molecule has 20 heavy (non-hydrogen) atoms. The van der Waals surface area contributed by atoms with E-state index in [4.69, 9.17) is 8.32 Å². The Balaban J connectivity index is 3.98. The summed E-state index contributed by atoms with van der Waals surface area (Å²) in [5, 5.41) is 0. The van der Waals surface area contributed by atoms with Crippen LogP contribution < -0.4 is 0 Å². The summed E-state index contributed by atoms with van der Waals surface area (Å²) in [5.41, 5.74) is 0. The van der Waals surface area contributed by atoms with Crippen LogP contribution in [0, 0.1) is 0 Å². The molecule has 122 valence electrons. The van der Waals surface area contributed by atoms with Crippen molar-refractivity contribution in [1.29, 1.82) is 0 Å². The summed E-state index contributed by atoms with van der Waals surface area (Å²) in [4.78, 5) is 0. The number of unbranched alkanes of at least 4 members (excludes halogenated alkanes) is 9. The molecule has 0 aliphatic rings. The number of halogens is 1. The molecule has 0 nitrogen and oxygen atoms in total. The van der Waals surface area contributed by atoms with Gasteiger partial charge in [0.1, 0.15) is 0 Å². The third-order valence-electron chi connectivity index (χ3n) is 4.44. The Labute approximate surface area is 137 Å². The third-order valence-corrected chi connectivity index (χ3v) is 24.0. The van der Waals surface area contributed by atoms with Gasteiger partial charge in [-0.2, -0.15) is 0 Å². The van der Waals surface area contributed by atoms with Crippen LogP contribution in [0.4, 0.5) is 0 Å². The fourth-order valence-electron chi connectivity index (χ4n) is 2.98. The molecule has 0 atom stereocenters. The Hall–Kier alpha value is 1.21. The van der Waals surface area contributed by atoms with Gasteiger partial charge < -0.3 is 0 Å². The normalized spacial score (nSPS) is 12.0. The first kappa shape index (κ1) is 21.2. The van der Waals surface area contributed by atoms with Gasteiger partial charge in [-0.1, -0.05) is 0 Å². The molecule has 0 rings (SSSR count). The molecule has 0 aromatic rings. The molecule has 0 aliphatic carbocycles. The Morgan fingerprint density at radius 2 is 0.800 bits per heavy atom. The van der Waals surface area contributed by atoms with Gasteiger partial charge in [0.25, 0.3) is 0 Å². The minimum atomic E-state index is -2.36. The van der Waals surface area contributed by atoms with Gasteiger partial charge >= 0.3 is 138 Å². The molecule has 0 fully saturated rings. The van der Waals surface area contributed by atoms with Gasteiger partial charge in [0.2, 0.25) is 0 Å². The fourth-order valence-corrected chi connectivity index (χ4v) is 19.7.